The second kappa shape index (κ2) is 11.0. The van der Waals surface area contributed by atoms with E-state index in [4.69, 9.17) is 15.2 Å². The number of piperidine rings is 1. The van der Waals surface area contributed by atoms with E-state index in [1.54, 1.807) is 31.2 Å². The topological polar surface area (TPSA) is 81.9 Å². The van der Waals surface area contributed by atoms with Crippen LogP contribution in [0.1, 0.15) is 43.5 Å². The average molecular weight is 385 g/mol. The zero-order chi connectivity index (χ0) is 18.2. The third kappa shape index (κ3) is 6.18. The molecule has 0 aromatic heterocycles. The van der Waals surface area contributed by atoms with Crippen molar-refractivity contribution in [3.8, 4) is 0 Å². The molecule has 1 saturated heterocycles. The predicted molar refractivity (Wildman–Crippen MR) is 103 cm³/mol. The Hall–Kier alpha value is -1.79. The highest BCUT2D eigenvalue weighted by Gasteiger charge is 2.37. The van der Waals surface area contributed by atoms with E-state index in [1.807, 2.05) is 0 Å². The maximum Gasteiger partial charge on any atom is 0.338 e. The molecule has 7 heteroatoms. The number of hydrogen-bond donors (Lipinski definition) is 1. The minimum absolute atomic E-state index is 0. The van der Waals surface area contributed by atoms with E-state index < -0.39 is 18.0 Å². The summed E-state index contributed by atoms with van der Waals surface area (Å²) in [7, 11) is 0. The Morgan fingerprint density at radius 3 is 2.54 bits per heavy atom. The smallest absolute Gasteiger partial charge is 0.338 e. The van der Waals surface area contributed by atoms with Gasteiger partial charge >= 0.3 is 11.9 Å². The minimum atomic E-state index is -0.457. The fourth-order valence-electron chi connectivity index (χ4n) is 3.02. The van der Waals surface area contributed by atoms with Crippen LogP contribution in [0.5, 0.6) is 0 Å². The lowest BCUT2D eigenvalue weighted by atomic mass is 9.94. The zero-order valence-electron chi connectivity index (χ0n) is 15.5. The van der Waals surface area contributed by atoms with Gasteiger partial charge in [0.1, 0.15) is 12.0 Å². The quantitative estimate of drug-likeness (QED) is 0.575. The minimum Gasteiger partial charge on any atom is -0.466 e. The van der Waals surface area contributed by atoms with Crippen molar-refractivity contribution in [2.75, 3.05) is 32.0 Å². The van der Waals surface area contributed by atoms with Crippen molar-refractivity contribution >= 4 is 30.0 Å². The molecule has 1 aliphatic heterocycles. The summed E-state index contributed by atoms with van der Waals surface area (Å²) in [6.07, 6.45) is 2.37. The highest BCUT2D eigenvalue weighted by Crippen LogP contribution is 2.23. The number of carbonyl (C=O) groups excluding carboxylic acids is 2. The Morgan fingerprint density at radius 1 is 1.23 bits per heavy atom. The molecule has 146 valence electrons. The molecule has 1 aromatic carbocycles. The lowest BCUT2D eigenvalue weighted by Gasteiger charge is -2.36. The summed E-state index contributed by atoms with van der Waals surface area (Å²) < 4.78 is 10.8. The van der Waals surface area contributed by atoms with Crippen LogP contribution in [0.3, 0.4) is 0 Å². The van der Waals surface area contributed by atoms with Gasteiger partial charge in [0, 0.05) is 18.8 Å². The first-order chi connectivity index (χ1) is 12.0. The van der Waals surface area contributed by atoms with Crippen LogP contribution < -0.4 is 5.73 Å². The van der Waals surface area contributed by atoms with Gasteiger partial charge in [-0.1, -0.05) is 13.3 Å². The van der Waals surface area contributed by atoms with Crippen LogP contribution in [-0.4, -0.2) is 49.2 Å². The molecule has 26 heavy (non-hydrogen) atoms. The average Bonchev–Trinajstić information content (AvgIpc) is 2.61. The van der Waals surface area contributed by atoms with Crippen LogP contribution in [0.4, 0.5) is 5.69 Å². The lowest BCUT2D eigenvalue weighted by molar-refractivity contribution is -0.155. The van der Waals surface area contributed by atoms with Crippen LogP contribution in [0.2, 0.25) is 0 Å². The monoisotopic (exact) mass is 384 g/mol. The van der Waals surface area contributed by atoms with Crippen LogP contribution in [0.15, 0.2) is 24.3 Å². The van der Waals surface area contributed by atoms with Crippen molar-refractivity contribution in [1.29, 1.82) is 0 Å². The maximum atomic E-state index is 12.4. The third-order valence-corrected chi connectivity index (χ3v) is 4.46. The van der Waals surface area contributed by atoms with Crippen LogP contribution in [0, 0.1) is 5.92 Å². The van der Waals surface area contributed by atoms with Crippen molar-refractivity contribution in [2.24, 2.45) is 5.92 Å². The molecule has 1 aromatic rings. The molecule has 6 nitrogen and oxygen atoms in total. The van der Waals surface area contributed by atoms with Gasteiger partial charge in [0.25, 0.3) is 0 Å². The number of rotatable bonds is 7. The van der Waals surface area contributed by atoms with Crippen molar-refractivity contribution in [2.45, 2.75) is 39.2 Å². The molecular formula is C19H29ClN2O4. The predicted octanol–water partition coefficient (Wildman–Crippen LogP) is 2.90. The maximum absolute atomic E-state index is 12.4. The lowest BCUT2D eigenvalue weighted by Crippen LogP contribution is -2.48. The summed E-state index contributed by atoms with van der Waals surface area (Å²) in [5.74, 6) is -1.16. The molecule has 1 aliphatic rings. The molecule has 0 saturated carbocycles. The number of likely N-dealkylation sites (tertiary alicyclic amines) is 1. The molecule has 1 heterocycles. The number of esters is 2. The third-order valence-electron chi connectivity index (χ3n) is 4.46. The summed E-state index contributed by atoms with van der Waals surface area (Å²) in [5.41, 5.74) is 6.67. The first kappa shape index (κ1) is 22.3. The second-order valence-corrected chi connectivity index (χ2v) is 6.37. The van der Waals surface area contributed by atoms with Gasteiger partial charge in [-0.2, -0.15) is 0 Å². The summed E-state index contributed by atoms with van der Waals surface area (Å²) in [5, 5.41) is 0. The van der Waals surface area contributed by atoms with Gasteiger partial charge in [0.15, 0.2) is 0 Å². The number of nitrogens with two attached hydrogens (primary N) is 1. The second-order valence-electron chi connectivity index (χ2n) is 6.37. The van der Waals surface area contributed by atoms with Crippen LogP contribution >= 0.6 is 12.4 Å². The number of nitrogens with zero attached hydrogens (tertiary/aromatic N) is 1. The number of anilines is 1. The van der Waals surface area contributed by atoms with Crippen LogP contribution in [0.25, 0.3) is 0 Å². The molecular weight excluding hydrogens is 356 g/mol. The highest BCUT2D eigenvalue weighted by molar-refractivity contribution is 5.90. The fourth-order valence-corrected chi connectivity index (χ4v) is 3.02. The number of halogens is 1. The number of nitrogen functional groups attached to an aromatic ring is 1. The van der Waals surface area contributed by atoms with Crippen molar-refractivity contribution in [3.05, 3.63) is 29.8 Å². The standard InChI is InChI=1S/C19H28N2O4.ClH/c1-3-5-11-21-12-10-17(16(13-21)19(23)24-4-2)25-18(22)14-6-8-15(20)9-7-14;/h6-9,16-17H,3-5,10-13,20H2,1-2H3;1H. The van der Waals surface area contributed by atoms with E-state index in [0.29, 0.717) is 30.8 Å². The Balaban J connectivity index is 0.00000338. The normalized spacial score (nSPS) is 20.1. The first-order valence-corrected chi connectivity index (χ1v) is 9.00. The SMILES string of the molecule is CCCCN1CCC(OC(=O)c2ccc(N)cc2)C(C(=O)OCC)C1.Cl. The first-order valence-electron chi connectivity index (χ1n) is 9.00. The van der Waals surface area contributed by atoms with Crippen LogP contribution in [-0.2, 0) is 14.3 Å². The van der Waals surface area contributed by atoms with Gasteiger partial charge in [0.2, 0.25) is 0 Å². The molecule has 2 N–H and O–H groups in total. The molecule has 2 atom stereocenters. The summed E-state index contributed by atoms with van der Waals surface area (Å²) >= 11 is 0. The van der Waals surface area contributed by atoms with Gasteiger partial charge in [-0.3, -0.25) is 4.79 Å². The van der Waals surface area contributed by atoms with Gasteiger partial charge in [-0.15, -0.1) is 12.4 Å². The molecule has 1 fully saturated rings. The van der Waals surface area contributed by atoms with Crippen molar-refractivity contribution < 1.29 is 19.1 Å². The molecule has 2 unspecified atom stereocenters. The molecule has 0 bridgehead atoms. The largest absolute Gasteiger partial charge is 0.466 e. The Labute approximate surface area is 161 Å². The van der Waals surface area contributed by atoms with E-state index in [2.05, 4.69) is 11.8 Å². The summed E-state index contributed by atoms with van der Waals surface area (Å²) in [4.78, 5) is 27.0. The summed E-state index contributed by atoms with van der Waals surface area (Å²) in [6.45, 7) is 6.58. The van der Waals surface area contributed by atoms with E-state index in [0.717, 1.165) is 25.9 Å². The van der Waals surface area contributed by atoms with Gasteiger partial charge < -0.3 is 20.1 Å². The molecule has 0 spiro atoms. The number of ether oxygens (including phenoxy) is 2. The number of hydrogen-bond acceptors (Lipinski definition) is 6. The molecule has 0 amide bonds. The number of carbonyl (C=O) groups is 2. The number of unbranched alkanes of at least 4 members (excludes halogenated alkanes) is 1. The van der Waals surface area contributed by atoms with E-state index >= 15 is 0 Å². The summed E-state index contributed by atoms with van der Waals surface area (Å²) in [6, 6.07) is 6.58. The van der Waals surface area contributed by atoms with E-state index in [9.17, 15) is 9.59 Å². The van der Waals surface area contributed by atoms with Crippen molar-refractivity contribution in [1.82, 2.24) is 4.90 Å². The Bertz CT molecular complexity index is 579. The van der Waals surface area contributed by atoms with E-state index in [1.165, 1.54) is 0 Å². The van der Waals surface area contributed by atoms with Gasteiger partial charge in [-0.05, 0) is 50.6 Å². The number of benzene rings is 1. The zero-order valence-corrected chi connectivity index (χ0v) is 16.3. The van der Waals surface area contributed by atoms with Gasteiger partial charge in [-0.25, -0.2) is 4.79 Å². The highest BCUT2D eigenvalue weighted by atomic mass is 35.5. The fraction of sp³-hybridized carbons (Fsp3) is 0.579. The van der Waals surface area contributed by atoms with E-state index in [-0.39, 0.29) is 18.4 Å². The van der Waals surface area contributed by atoms with Gasteiger partial charge in [0.05, 0.1) is 12.2 Å². The van der Waals surface area contributed by atoms with Crippen molar-refractivity contribution in [3.63, 3.8) is 0 Å². The molecule has 0 radical (unpaired) electrons. The molecule has 2 rings (SSSR count). The molecule has 0 aliphatic carbocycles. The Morgan fingerprint density at radius 2 is 1.92 bits per heavy atom. The Kier molecular flexibility index (Phi) is 9.44.